The average molecular weight is 431 g/mol. The fourth-order valence-corrected chi connectivity index (χ4v) is 3.14. The van der Waals surface area contributed by atoms with Gasteiger partial charge >= 0.3 is 5.69 Å². The van der Waals surface area contributed by atoms with Crippen LogP contribution in [0.25, 0.3) is 5.69 Å². The number of amides is 1. The summed E-state index contributed by atoms with van der Waals surface area (Å²) in [6.07, 6.45) is 0. The van der Waals surface area contributed by atoms with E-state index in [1.807, 2.05) is 0 Å². The van der Waals surface area contributed by atoms with Gasteiger partial charge in [-0.1, -0.05) is 23.7 Å². The second-order valence-electron chi connectivity index (χ2n) is 6.52. The van der Waals surface area contributed by atoms with Crippen LogP contribution >= 0.6 is 11.6 Å². The van der Waals surface area contributed by atoms with E-state index in [1.165, 1.54) is 23.1 Å². The standard InChI is InChI=1S/C21H20ClFN4O3/c1-3-25(4-2)19(28)18-20(29)26(13-14-6-5-7-16(23)12-14)21(30)27(24-18)17-10-8-15(22)9-11-17/h5-12H,3-4,13H2,1-2H3. The zero-order valence-corrected chi connectivity index (χ0v) is 17.3. The minimum atomic E-state index is -0.827. The summed E-state index contributed by atoms with van der Waals surface area (Å²) in [5.74, 6) is -1.08. The minimum Gasteiger partial charge on any atom is -0.338 e. The summed E-state index contributed by atoms with van der Waals surface area (Å²) in [7, 11) is 0. The number of nitrogens with zero attached hydrogens (tertiary/aromatic N) is 4. The third-order valence-corrected chi connectivity index (χ3v) is 4.87. The van der Waals surface area contributed by atoms with Crippen LogP contribution in [0.1, 0.15) is 29.9 Å². The van der Waals surface area contributed by atoms with E-state index in [2.05, 4.69) is 5.10 Å². The Morgan fingerprint density at radius 1 is 1.10 bits per heavy atom. The second kappa shape index (κ2) is 9.04. The van der Waals surface area contributed by atoms with Gasteiger partial charge in [0.2, 0.25) is 5.69 Å². The summed E-state index contributed by atoms with van der Waals surface area (Å²) in [6, 6.07) is 11.8. The van der Waals surface area contributed by atoms with E-state index < -0.39 is 23.0 Å². The van der Waals surface area contributed by atoms with Crippen LogP contribution in [0.2, 0.25) is 5.02 Å². The molecule has 0 fully saturated rings. The van der Waals surface area contributed by atoms with Crippen molar-refractivity contribution >= 4 is 17.5 Å². The van der Waals surface area contributed by atoms with Crippen LogP contribution in [0.4, 0.5) is 4.39 Å². The molecule has 0 spiro atoms. The molecule has 0 aliphatic carbocycles. The lowest BCUT2D eigenvalue weighted by Crippen LogP contribution is -2.46. The molecule has 0 saturated heterocycles. The Hall–Kier alpha value is -3.26. The van der Waals surface area contributed by atoms with Crippen molar-refractivity contribution in [1.29, 1.82) is 0 Å². The maximum atomic E-state index is 13.6. The molecular formula is C21H20ClFN4O3. The van der Waals surface area contributed by atoms with Crippen molar-refractivity contribution in [2.24, 2.45) is 0 Å². The van der Waals surface area contributed by atoms with Crippen molar-refractivity contribution in [2.75, 3.05) is 13.1 Å². The molecular weight excluding hydrogens is 411 g/mol. The molecule has 0 aliphatic rings. The van der Waals surface area contributed by atoms with Gasteiger partial charge in [-0.15, -0.1) is 0 Å². The molecule has 0 bridgehead atoms. The normalized spacial score (nSPS) is 10.8. The molecule has 1 aromatic heterocycles. The van der Waals surface area contributed by atoms with Gasteiger partial charge in [-0.3, -0.25) is 14.2 Å². The largest absolute Gasteiger partial charge is 0.352 e. The van der Waals surface area contributed by atoms with Crippen molar-refractivity contribution in [3.8, 4) is 5.69 Å². The maximum absolute atomic E-state index is 13.6. The highest BCUT2D eigenvalue weighted by Crippen LogP contribution is 2.12. The molecule has 0 atom stereocenters. The van der Waals surface area contributed by atoms with Gasteiger partial charge in [0.1, 0.15) is 5.82 Å². The molecule has 1 heterocycles. The quantitative estimate of drug-likeness (QED) is 0.602. The number of aromatic nitrogens is 3. The summed E-state index contributed by atoms with van der Waals surface area (Å²) in [6.45, 7) is 4.11. The van der Waals surface area contributed by atoms with Crippen LogP contribution in [0.15, 0.2) is 58.1 Å². The Morgan fingerprint density at radius 2 is 1.77 bits per heavy atom. The van der Waals surface area contributed by atoms with Gasteiger partial charge in [-0.25, -0.2) is 9.18 Å². The molecule has 0 saturated carbocycles. The number of hydrogen-bond acceptors (Lipinski definition) is 4. The van der Waals surface area contributed by atoms with Gasteiger partial charge < -0.3 is 4.90 Å². The summed E-state index contributed by atoms with van der Waals surface area (Å²) in [4.78, 5) is 40.4. The Balaban J connectivity index is 2.24. The first-order chi connectivity index (χ1) is 14.3. The Kier molecular flexibility index (Phi) is 6.47. The van der Waals surface area contributed by atoms with Gasteiger partial charge in [-0.05, 0) is 55.8 Å². The van der Waals surface area contributed by atoms with Gasteiger partial charge in [0, 0.05) is 18.1 Å². The number of halogens is 2. The van der Waals surface area contributed by atoms with Crippen LogP contribution in [0.5, 0.6) is 0 Å². The number of carbonyl (C=O) groups is 1. The Labute approximate surface area is 176 Å². The van der Waals surface area contributed by atoms with Gasteiger partial charge in [0.15, 0.2) is 0 Å². The van der Waals surface area contributed by atoms with Crippen molar-refractivity contribution in [1.82, 2.24) is 19.2 Å². The van der Waals surface area contributed by atoms with Gasteiger partial charge in [-0.2, -0.15) is 9.78 Å². The lowest BCUT2D eigenvalue weighted by molar-refractivity contribution is 0.0761. The lowest BCUT2D eigenvalue weighted by atomic mass is 10.2. The monoisotopic (exact) mass is 430 g/mol. The Bertz CT molecular complexity index is 1180. The number of hydrogen-bond donors (Lipinski definition) is 0. The lowest BCUT2D eigenvalue weighted by Gasteiger charge is -2.19. The van der Waals surface area contributed by atoms with E-state index >= 15 is 0 Å². The molecule has 0 radical (unpaired) electrons. The van der Waals surface area contributed by atoms with E-state index in [4.69, 9.17) is 11.6 Å². The fourth-order valence-electron chi connectivity index (χ4n) is 3.02. The molecule has 0 N–H and O–H groups in total. The molecule has 156 valence electrons. The first-order valence-corrected chi connectivity index (χ1v) is 9.77. The first kappa shape index (κ1) is 21.4. The summed E-state index contributed by atoms with van der Waals surface area (Å²) in [5.41, 5.74) is -1.21. The number of rotatable bonds is 6. The topological polar surface area (TPSA) is 77.2 Å². The third-order valence-electron chi connectivity index (χ3n) is 4.61. The molecule has 0 aliphatic heterocycles. The highest BCUT2D eigenvalue weighted by molar-refractivity contribution is 6.30. The van der Waals surface area contributed by atoms with Crippen LogP contribution in [-0.2, 0) is 6.54 Å². The van der Waals surface area contributed by atoms with E-state index in [1.54, 1.807) is 44.2 Å². The van der Waals surface area contributed by atoms with Crippen molar-refractivity contribution < 1.29 is 9.18 Å². The zero-order chi connectivity index (χ0) is 21.8. The number of carbonyl (C=O) groups excluding carboxylic acids is 1. The summed E-state index contributed by atoms with van der Waals surface area (Å²) >= 11 is 5.92. The molecule has 9 heteroatoms. The van der Waals surface area contributed by atoms with Crippen LogP contribution < -0.4 is 11.2 Å². The predicted molar refractivity (Wildman–Crippen MR) is 112 cm³/mol. The molecule has 2 aromatic carbocycles. The highest BCUT2D eigenvalue weighted by Gasteiger charge is 2.23. The first-order valence-electron chi connectivity index (χ1n) is 9.39. The minimum absolute atomic E-state index is 0.204. The SMILES string of the molecule is CCN(CC)C(=O)c1nn(-c2ccc(Cl)cc2)c(=O)n(Cc2cccc(F)c2)c1=O. The van der Waals surface area contributed by atoms with Crippen molar-refractivity contribution in [2.45, 2.75) is 20.4 Å². The van der Waals surface area contributed by atoms with E-state index in [0.717, 1.165) is 9.25 Å². The molecule has 1 amide bonds. The highest BCUT2D eigenvalue weighted by atomic mass is 35.5. The van der Waals surface area contributed by atoms with E-state index in [9.17, 15) is 18.8 Å². The van der Waals surface area contributed by atoms with E-state index in [0.29, 0.717) is 29.4 Å². The molecule has 3 aromatic rings. The van der Waals surface area contributed by atoms with E-state index in [-0.39, 0.29) is 12.2 Å². The fraction of sp³-hybridized carbons (Fsp3) is 0.238. The van der Waals surface area contributed by atoms with Crippen molar-refractivity contribution in [3.05, 3.63) is 91.5 Å². The summed E-state index contributed by atoms with van der Waals surface area (Å²) in [5, 5.41) is 4.53. The maximum Gasteiger partial charge on any atom is 0.352 e. The summed E-state index contributed by atoms with van der Waals surface area (Å²) < 4.78 is 15.5. The van der Waals surface area contributed by atoms with Crippen LogP contribution in [0.3, 0.4) is 0 Å². The zero-order valence-electron chi connectivity index (χ0n) is 16.5. The van der Waals surface area contributed by atoms with Gasteiger partial charge in [0.05, 0.1) is 12.2 Å². The molecule has 30 heavy (non-hydrogen) atoms. The third kappa shape index (κ3) is 4.33. The Morgan fingerprint density at radius 3 is 2.37 bits per heavy atom. The second-order valence-corrected chi connectivity index (χ2v) is 6.95. The smallest absolute Gasteiger partial charge is 0.338 e. The molecule has 7 nitrogen and oxygen atoms in total. The molecule has 0 unspecified atom stereocenters. The molecule has 3 rings (SSSR count). The van der Waals surface area contributed by atoms with Gasteiger partial charge in [0.25, 0.3) is 11.5 Å². The van der Waals surface area contributed by atoms with Crippen LogP contribution in [-0.4, -0.2) is 38.2 Å². The predicted octanol–water partition coefficient (Wildman–Crippen LogP) is 2.72. The van der Waals surface area contributed by atoms with Crippen LogP contribution in [0, 0.1) is 5.82 Å². The van der Waals surface area contributed by atoms with Crippen molar-refractivity contribution in [3.63, 3.8) is 0 Å². The number of benzene rings is 2. The average Bonchev–Trinajstić information content (AvgIpc) is 2.73.